The van der Waals surface area contributed by atoms with Crippen LogP contribution in [0.5, 0.6) is 0 Å². The Morgan fingerprint density at radius 1 is 1.26 bits per heavy atom. The summed E-state index contributed by atoms with van der Waals surface area (Å²) in [4.78, 5) is 34.1. The SMILES string of the molecule is CCCCCCCOC(=O)OC[C@@H]1CC[C@H](n2cnc3c(=O)[nH]cnc32)O1. The molecule has 9 nitrogen and oxygen atoms in total. The van der Waals surface area contributed by atoms with E-state index in [0.29, 0.717) is 12.3 Å². The molecule has 0 amide bonds. The molecule has 0 radical (unpaired) electrons. The third kappa shape index (κ3) is 5.06. The Labute approximate surface area is 157 Å². The number of H-pyrrole nitrogens is 1. The van der Waals surface area contributed by atoms with Crippen LogP contribution in [0.15, 0.2) is 17.4 Å². The fourth-order valence-electron chi connectivity index (χ4n) is 3.15. The second kappa shape index (κ2) is 9.50. The Hall–Kier alpha value is -2.42. The summed E-state index contributed by atoms with van der Waals surface area (Å²) in [6.07, 6.45) is 8.67. The van der Waals surface area contributed by atoms with Gasteiger partial charge in [0.1, 0.15) is 12.8 Å². The van der Waals surface area contributed by atoms with Crippen LogP contribution < -0.4 is 5.56 Å². The van der Waals surface area contributed by atoms with Crippen LogP contribution in [-0.2, 0) is 14.2 Å². The van der Waals surface area contributed by atoms with Crippen molar-refractivity contribution >= 4 is 17.3 Å². The van der Waals surface area contributed by atoms with E-state index in [1.165, 1.54) is 19.2 Å². The lowest BCUT2D eigenvalue weighted by Crippen LogP contribution is -2.20. The van der Waals surface area contributed by atoms with E-state index in [2.05, 4.69) is 21.9 Å². The van der Waals surface area contributed by atoms with Crippen LogP contribution in [0.25, 0.3) is 11.2 Å². The highest BCUT2D eigenvalue weighted by atomic mass is 16.7. The first-order chi connectivity index (χ1) is 13.2. The summed E-state index contributed by atoms with van der Waals surface area (Å²) in [7, 11) is 0. The molecule has 0 unspecified atom stereocenters. The Bertz CT molecular complexity index is 802. The molecule has 27 heavy (non-hydrogen) atoms. The molecule has 0 aromatic carbocycles. The van der Waals surface area contributed by atoms with Crippen LogP contribution in [0.1, 0.15) is 58.1 Å². The lowest BCUT2D eigenvalue weighted by Gasteiger charge is -2.15. The van der Waals surface area contributed by atoms with Crippen LogP contribution in [0.2, 0.25) is 0 Å². The molecule has 1 N–H and O–H groups in total. The summed E-state index contributed by atoms with van der Waals surface area (Å²) in [5.41, 5.74) is 0.477. The minimum atomic E-state index is -0.654. The van der Waals surface area contributed by atoms with Gasteiger partial charge in [-0.15, -0.1) is 0 Å². The smallest absolute Gasteiger partial charge is 0.434 e. The molecule has 2 aromatic heterocycles. The van der Waals surface area contributed by atoms with E-state index in [1.54, 1.807) is 10.9 Å². The number of fused-ring (bicyclic) bond motifs is 1. The van der Waals surface area contributed by atoms with E-state index >= 15 is 0 Å². The summed E-state index contributed by atoms with van der Waals surface area (Å²) in [5.74, 6) is 0. The molecule has 3 rings (SSSR count). The van der Waals surface area contributed by atoms with Crippen LogP contribution in [0.4, 0.5) is 4.79 Å². The number of nitrogens with one attached hydrogen (secondary N) is 1. The number of hydrogen-bond acceptors (Lipinski definition) is 7. The van der Waals surface area contributed by atoms with Crippen molar-refractivity contribution < 1.29 is 19.0 Å². The van der Waals surface area contributed by atoms with Gasteiger partial charge in [-0.1, -0.05) is 32.6 Å². The normalized spacial score (nSPS) is 19.4. The average molecular weight is 378 g/mol. The third-order valence-electron chi connectivity index (χ3n) is 4.62. The maximum absolute atomic E-state index is 11.7. The highest BCUT2D eigenvalue weighted by molar-refractivity contribution is 5.68. The molecule has 3 heterocycles. The van der Waals surface area contributed by atoms with Gasteiger partial charge in [0.25, 0.3) is 5.56 Å². The highest BCUT2D eigenvalue weighted by Crippen LogP contribution is 2.29. The van der Waals surface area contributed by atoms with Crippen LogP contribution in [0.3, 0.4) is 0 Å². The molecule has 0 bridgehead atoms. The highest BCUT2D eigenvalue weighted by Gasteiger charge is 2.29. The Morgan fingerprint density at radius 3 is 2.96 bits per heavy atom. The van der Waals surface area contributed by atoms with Gasteiger partial charge in [0.2, 0.25) is 0 Å². The molecule has 1 aliphatic rings. The summed E-state index contributed by atoms with van der Waals surface area (Å²) >= 11 is 0. The molecule has 1 fully saturated rings. The van der Waals surface area contributed by atoms with Crippen molar-refractivity contribution in [2.45, 2.75) is 64.2 Å². The maximum atomic E-state index is 11.7. The number of unbranched alkanes of at least 4 members (excludes halogenated alkanes) is 4. The van der Waals surface area contributed by atoms with Crippen molar-refractivity contribution in [3.8, 4) is 0 Å². The third-order valence-corrected chi connectivity index (χ3v) is 4.62. The zero-order chi connectivity index (χ0) is 19.1. The largest absolute Gasteiger partial charge is 0.508 e. The molecule has 0 saturated carbocycles. The predicted octanol–water partition coefficient (Wildman–Crippen LogP) is 2.92. The molecule has 2 aromatic rings. The second-order valence-corrected chi connectivity index (χ2v) is 6.67. The lowest BCUT2D eigenvalue weighted by molar-refractivity contribution is -0.0372. The van der Waals surface area contributed by atoms with Gasteiger partial charge in [-0.3, -0.25) is 9.36 Å². The summed E-state index contributed by atoms with van der Waals surface area (Å²) in [6.45, 7) is 2.69. The zero-order valence-corrected chi connectivity index (χ0v) is 15.6. The quantitative estimate of drug-likeness (QED) is 0.528. The standard InChI is InChI=1S/C18H26N4O5/c1-2-3-4-5-6-9-25-18(24)26-10-13-7-8-14(27-13)22-12-21-15-16(22)19-11-20-17(15)23/h11-14H,2-10H2,1H3,(H,19,20,23)/t13-,14+/m0/s1. The summed E-state index contributed by atoms with van der Waals surface area (Å²) < 4.78 is 17.9. The number of imidazole rings is 1. The number of rotatable bonds is 9. The molecule has 1 saturated heterocycles. The number of carbonyl (C=O) groups is 1. The van der Waals surface area contributed by atoms with E-state index in [-0.39, 0.29) is 30.0 Å². The fraction of sp³-hybridized carbons (Fsp3) is 0.667. The molecule has 0 spiro atoms. The molecule has 1 aliphatic heterocycles. The number of aromatic nitrogens is 4. The zero-order valence-electron chi connectivity index (χ0n) is 15.6. The van der Waals surface area contributed by atoms with Gasteiger partial charge in [-0.05, 0) is 19.3 Å². The van der Waals surface area contributed by atoms with E-state index in [0.717, 1.165) is 32.1 Å². The van der Waals surface area contributed by atoms with Crippen molar-refractivity contribution in [2.75, 3.05) is 13.2 Å². The van der Waals surface area contributed by atoms with Crippen LogP contribution >= 0.6 is 0 Å². The Morgan fingerprint density at radius 2 is 2.11 bits per heavy atom. The lowest BCUT2D eigenvalue weighted by atomic mass is 10.2. The van der Waals surface area contributed by atoms with Crippen molar-refractivity contribution in [3.05, 3.63) is 23.0 Å². The first kappa shape index (κ1) is 19.3. The topological polar surface area (TPSA) is 108 Å². The molecular weight excluding hydrogens is 352 g/mol. The first-order valence-electron chi connectivity index (χ1n) is 9.54. The second-order valence-electron chi connectivity index (χ2n) is 6.67. The summed E-state index contributed by atoms with van der Waals surface area (Å²) in [6, 6.07) is 0. The Kier molecular flexibility index (Phi) is 6.80. The van der Waals surface area contributed by atoms with Gasteiger partial charge < -0.3 is 19.2 Å². The van der Waals surface area contributed by atoms with Gasteiger partial charge in [0.15, 0.2) is 11.2 Å². The maximum Gasteiger partial charge on any atom is 0.508 e. The average Bonchev–Trinajstić information content (AvgIpc) is 3.30. The number of hydrogen-bond donors (Lipinski definition) is 1. The van der Waals surface area contributed by atoms with Gasteiger partial charge >= 0.3 is 6.16 Å². The number of aromatic amines is 1. The van der Waals surface area contributed by atoms with Gasteiger partial charge in [0, 0.05) is 0 Å². The van der Waals surface area contributed by atoms with Crippen molar-refractivity contribution in [2.24, 2.45) is 0 Å². The molecule has 9 heteroatoms. The van der Waals surface area contributed by atoms with E-state index < -0.39 is 6.16 Å². The van der Waals surface area contributed by atoms with E-state index in [1.807, 2.05) is 0 Å². The Balaban J connectivity index is 1.40. The van der Waals surface area contributed by atoms with Crippen molar-refractivity contribution in [3.63, 3.8) is 0 Å². The van der Waals surface area contributed by atoms with Crippen molar-refractivity contribution in [1.29, 1.82) is 0 Å². The molecule has 148 valence electrons. The van der Waals surface area contributed by atoms with E-state index in [4.69, 9.17) is 14.2 Å². The van der Waals surface area contributed by atoms with Gasteiger partial charge in [0.05, 0.1) is 25.4 Å². The first-order valence-corrected chi connectivity index (χ1v) is 9.54. The number of carbonyl (C=O) groups excluding carboxylic acids is 1. The molecular formula is C18H26N4O5. The number of ether oxygens (including phenoxy) is 3. The number of nitrogens with zero attached hydrogens (tertiary/aromatic N) is 3. The van der Waals surface area contributed by atoms with E-state index in [9.17, 15) is 9.59 Å². The van der Waals surface area contributed by atoms with Crippen molar-refractivity contribution in [1.82, 2.24) is 19.5 Å². The van der Waals surface area contributed by atoms with Crippen LogP contribution in [0, 0.1) is 0 Å². The monoisotopic (exact) mass is 378 g/mol. The fourth-order valence-corrected chi connectivity index (χ4v) is 3.15. The predicted molar refractivity (Wildman–Crippen MR) is 97.4 cm³/mol. The van der Waals surface area contributed by atoms with Gasteiger partial charge in [-0.2, -0.15) is 0 Å². The minimum Gasteiger partial charge on any atom is -0.434 e. The minimum absolute atomic E-state index is 0.145. The van der Waals surface area contributed by atoms with Gasteiger partial charge in [-0.25, -0.2) is 14.8 Å². The summed E-state index contributed by atoms with van der Waals surface area (Å²) in [5, 5.41) is 0. The molecule has 0 aliphatic carbocycles. The molecule has 2 atom stereocenters. The van der Waals surface area contributed by atoms with Crippen LogP contribution in [-0.4, -0.2) is 45.0 Å².